The minimum Gasteiger partial charge on any atom is -0.348 e. The molecule has 0 bridgehead atoms. The fourth-order valence-corrected chi connectivity index (χ4v) is 2.62. The van der Waals surface area contributed by atoms with Gasteiger partial charge < -0.3 is 9.47 Å². The zero-order valence-electron chi connectivity index (χ0n) is 11.1. The number of halogens is 3. The smallest absolute Gasteiger partial charge is 0.189 e. The highest BCUT2D eigenvalue weighted by atomic mass is 79.9. The van der Waals surface area contributed by atoms with E-state index in [2.05, 4.69) is 26.0 Å². The first-order chi connectivity index (χ1) is 10.0. The molecular formula is C13H12BrF2N3O2. The molecule has 1 aromatic heterocycles. The highest BCUT2D eigenvalue weighted by Gasteiger charge is 2.49. The summed E-state index contributed by atoms with van der Waals surface area (Å²) in [5.74, 6) is -1.10. The summed E-state index contributed by atoms with van der Waals surface area (Å²) in [5.41, 5.74) is -1.13. The van der Waals surface area contributed by atoms with Crippen molar-refractivity contribution in [1.29, 1.82) is 0 Å². The van der Waals surface area contributed by atoms with Crippen LogP contribution >= 0.6 is 15.9 Å². The summed E-state index contributed by atoms with van der Waals surface area (Å²) in [5, 5.41) is 4.62. The van der Waals surface area contributed by atoms with Crippen LogP contribution in [0.3, 0.4) is 0 Å². The summed E-state index contributed by atoms with van der Waals surface area (Å²) in [6.45, 7) is 0.0514. The fraction of sp³-hybridized carbons (Fsp3) is 0.385. The van der Waals surface area contributed by atoms with E-state index in [1.54, 1.807) is 7.05 Å². The van der Waals surface area contributed by atoms with Crippen molar-refractivity contribution in [3.63, 3.8) is 0 Å². The maximum Gasteiger partial charge on any atom is 0.189 e. The summed E-state index contributed by atoms with van der Waals surface area (Å²) < 4.78 is 40.2. The van der Waals surface area contributed by atoms with Gasteiger partial charge in [-0.15, -0.1) is 0 Å². The molecule has 3 rings (SSSR count). The van der Waals surface area contributed by atoms with E-state index in [1.165, 1.54) is 23.1 Å². The Labute approximate surface area is 128 Å². The zero-order valence-corrected chi connectivity index (χ0v) is 12.7. The Morgan fingerprint density at radius 2 is 2.29 bits per heavy atom. The summed E-state index contributed by atoms with van der Waals surface area (Å²) in [7, 11) is 1.70. The molecule has 1 aliphatic heterocycles. The highest BCUT2D eigenvalue weighted by Crippen LogP contribution is 2.39. The van der Waals surface area contributed by atoms with Crippen molar-refractivity contribution in [3.8, 4) is 0 Å². The number of rotatable bonds is 3. The Bertz CT molecular complexity index is 667. The van der Waals surface area contributed by atoms with Crippen molar-refractivity contribution < 1.29 is 18.3 Å². The van der Waals surface area contributed by atoms with E-state index in [1.807, 2.05) is 0 Å². The van der Waals surface area contributed by atoms with Crippen molar-refractivity contribution in [1.82, 2.24) is 14.8 Å². The second-order valence-electron chi connectivity index (χ2n) is 4.71. The van der Waals surface area contributed by atoms with Gasteiger partial charge in [0.15, 0.2) is 17.7 Å². The van der Waals surface area contributed by atoms with Crippen molar-refractivity contribution in [3.05, 3.63) is 47.5 Å². The van der Waals surface area contributed by atoms with Gasteiger partial charge >= 0.3 is 0 Å². The maximum atomic E-state index is 14.2. The molecule has 0 aliphatic carbocycles. The second kappa shape index (κ2) is 5.43. The average Bonchev–Trinajstić information content (AvgIpc) is 3.06. The molecular weight excluding hydrogens is 348 g/mol. The lowest BCUT2D eigenvalue weighted by Crippen LogP contribution is -2.34. The van der Waals surface area contributed by atoms with Crippen LogP contribution in [-0.2, 0) is 22.1 Å². The molecule has 2 unspecified atom stereocenters. The number of alkyl halides is 1. The third-order valence-electron chi connectivity index (χ3n) is 3.26. The van der Waals surface area contributed by atoms with Crippen LogP contribution in [0.1, 0.15) is 11.4 Å². The topological polar surface area (TPSA) is 49.2 Å². The van der Waals surface area contributed by atoms with Crippen LogP contribution in [0.25, 0.3) is 0 Å². The van der Waals surface area contributed by atoms with Gasteiger partial charge in [0, 0.05) is 18.7 Å². The molecule has 1 saturated heterocycles. The predicted molar refractivity (Wildman–Crippen MR) is 72.8 cm³/mol. The molecule has 2 aromatic rings. The number of hydrogen-bond acceptors (Lipinski definition) is 4. The maximum absolute atomic E-state index is 14.2. The van der Waals surface area contributed by atoms with Gasteiger partial charge in [0.1, 0.15) is 18.0 Å². The zero-order chi connectivity index (χ0) is 15.0. The van der Waals surface area contributed by atoms with Gasteiger partial charge in [0.25, 0.3) is 0 Å². The molecule has 0 amide bonds. The molecule has 0 spiro atoms. The first kappa shape index (κ1) is 14.6. The van der Waals surface area contributed by atoms with E-state index in [-0.39, 0.29) is 18.0 Å². The number of ether oxygens (including phenoxy) is 2. The fourth-order valence-electron chi connectivity index (χ4n) is 2.30. The normalized spacial score (nSPS) is 25.4. The monoisotopic (exact) mass is 359 g/mol. The number of aromatic nitrogens is 3. The van der Waals surface area contributed by atoms with Gasteiger partial charge in [-0.1, -0.05) is 15.9 Å². The average molecular weight is 360 g/mol. The summed E-state index contributed by atoms with van der Waals surface area (Å²) >= 11 is 3.26. The molecule has 0 saturated carbocycles. The van der Waals surface area contributed by atoms with E-state index in [0.717, 1.165) is 6.07 Å². The molecule has 0 radical (unpaired) electrons. The predicted octanol–water partition coefficient (Wildman–Crippen LogP) is 2.10. The van der Waals surface area contributed by atoms with Crippen LogP contribution in [0.15, 0.2) is 24.5 Å². The third kappa shape index (κ3) is 2.47. The molecule has 1 fully saturated rings. The number of benzene rings is 1. The highest BCUT2D eigenvalue weighted by molar-refractivity contribution is 9.09. The Morgan fingerprint density at radius 3 is 2.86 bits per heavy atom. The van der Waals surface area contributed by atoms with E-state index in [9.17, 15) is 8.78 Å². The molecule has 112 valence electrons. The van der Waals surface area contributed by atoms with Gasteiger partial charge in [-0.3, -0.25) is 4.68 Å². The van der Waals surface area contributed by atoms with Crippen LogP contribution in [0, 0.1) is 11.6 Å². The summed E-state index contributed by atoms with van der Waals surface area (Å²) in [6.07, 6.45) is 0.932. The summed E-state index contributed by atoms with van der Waals surface area (Å²) in [4.78, 5) is 4.15. The van der Waals surface area contributed by atoms with Gasteiger partial charge in [-0.05, 0) is 12.1 Å². The lowest BCUT2D eigenvalue weighted by atomic mass is 9.93. The molecule has 21 heavy (non-hydrogen) atoms. The van der Waals surface area contributed by atoms with E-state index < -0.39 is 23.5 Å². The third-order valence-corrected chi connectivity index (χ3v) is 3.79. The van der Waals surface area contributed by atoms with Crippen molar-refractivity contribution in [2.24, 2.45) is 7.05 Å². The van der Waals surface area contributed by atoms with Crippen LogP contribution in [0.5, 0.6) is 0 Å². The first-order valence-electron chi connectivity index (χ1n) is 6.22. The van der Waals surface area contributed by atoms with Crippen molar-refractivity contribution >= 4 is 15.9 Å². The van der Waals surface area contributed by atoms with E-state index in [0.29, 0.717) is 5.33 Å². The lowest BCUT2D eigenvalue weighted by Gasteiger charge is -2.25. The largest absolute Gasteiger partial charge is 0.348 e. The minimum absolute atomic E-state index is 0.0514. The standard InChI is InChI=1S/C13H12BrF2N3O2/c1-19-7-17-12(18-19)13(6-20-11(5-14)21-13)9-3-2-8(15)4-10(9)16/h2-4,7,11H,5-6H2,1H3. The SMILES string of the molecule is Cn1cnc(C2(c3ccc(F)cc3F)COC(CBr)O2)n1. The van der Waals surface area contributed by atoms with E-state index >= 15 is 0 Å². The summed E-state index contributed by atoms with van der Waals surface area (Å²) in [6, 6.07) is 3.32. The molecule has 1 aliphatic rings. The molecule has 5 nitrogen and oxygen atoms in total. The van der Waals surface area contributed by atoms with Crippen molar-refractivity contribution in [2.45, 2.75) is 11.9 Å². The first-order valence-corrected chi connectivity index (χ1v) is 7.34. The van der Waals surface area contributed by atoms with E-state index in [4.69, 9.17) is 9.47 Å². The molecule has 8 heteroatoms. The molecule has 2 atom stereocenters. The van der Waals surface area contributed by atoms with Gasteiger partial charge in [-0.2, -0.15) is 5.10 Å². The van der Waals surface area contributed by atoms with Crippen LogP contribution in [0.4, 0.5) is 8.78 Å². The number of hydrogen-bond donors (Lipinski definition) is 0. The number of nitrogens with zero attached hydrogens (tertiary/aromatic N) is 3. The Balaban J connectivity index is 2.13. The quantitative estimate of drug-likeness (QED) is 0.787. The van der Waals surface area contributed by atoms with Crippen molar-refractivity contribution in [2.75, 3.05) is 11.9 Å². The van der Waals surface area contributed by atoms with Gasteiger partial charge in [0.2, 0.25) is 0 Å². The lowest BCUT2D eigenvalue weighted by molar-refractivity contribution is -0.0648. The van der Waals surface area contributed by atoms with Crippen LogP contribution in [-0.4, -0.2) is 33.0 Å². The molecule has 1 aromatic carbocycles. The Kier molecular flexibility index (Phi) is 3.76. The van der Waals surface area contributed by atoms with Crippen LogP contribution in [0.2, 0.25) is 0 Å². The molecule has 2 heterocycles. The van der Waals surface area contributed by atoms with Crippen LogP contribution < -0.4 is 0 Å². The van der Waals surface area contributed by atoms with Gasteiger partial charge in [0.05, 0.1) is 11.9 Å². The second-order valence-corrected chi connectivity index (χ2v) is 5.35. The van der Waals surface area contributed by atoms with Gasteiger partial charge in [-0.25, -0.2) is 13.8 Å². The molecule has 0 N–H and O–H groups in total. The Morgan fingerprint density at radius 1 is 1.48 bits per heavy atom. The Hall–Kier alpha value is -1.38. The minimum atomic E-state index is -1.28. The number of aryl methyl sites for hydroxylation is 1.